The average Bonchev–Trinajstić information content (AvgIpc) is 2.66. The second kappa shape index (κ2) is 8.58. The third-order valence-corrected chi connectivity index (χ3v) is 3.38. The average molecular weight is 361 g/mol. The summed E-state index contributed by atoms with van der Waals surface area (Å²) in [7, 11) is 1.53. The first-order valence-corrected chi connectivity index (χ1v) is 7.37. The van der Waals surface area contributed by atoms with Gasteiger partial charge in [0.25, 0.3) is 5.91 Å². The number of rotatable bonds is 6. The van der Waals surface area contributed by atoms with E-state index in [9.17, 15) is 18.0 Å². The fourth-order valence-electron chi connectivity index (χ4n) is 1.96. The van der Waals surface area contributed by atoms with Crippen molar-refractivity contribution < 1.29 is 22.7 Å². The van der Waals surface area contributed by atoms with E-state index in [4.69, 9.17) is 10.00 Å². The van der Waals surface area contributed by atoms with Crippen LogP contribution in [-0.2, 0) is 11.3 Å². The molecule has 0 heterocycles. The Labute approximate surface area is 147 Å². The second-order valence-electron chi connectivity index (χ2n) is 5.07. The molecule has 8 heteroatoms. The lowest BCUT2D eigenvalue weighted by Crippen LogP contribution is -2.24. The third kappa shape index (κ3) is 4.54. The lowest BCUT2D eigenvalue weighted by molar-refractivity contribution is -0.117. The van der Waals surface area contributed by atoms with Crippen molar-refractivity contribution in [1.29, 1.82) is 5.26 Å². The molecule has 26 heavy (non-hydrogen) atoms. The van der Waals surface area contributed by atoms with Gasteiger partial charge in [0.05, 0.1) is 12.8 Å². The summed E-state index contributed by atoms with van der Waals surface area (Å²) < 4.78 is 44.6. The lowest BCUT2D eigenvalue weighted by atomic mass is 10.2. The molecule has 0 aromatic heterocycles. The second-order valence-corrected chi connectivity index (χ2v) is 5.07. The zero-order chi connectivity index (χ0) is 19.1. The van der Waals surface area contributed by atoms with Gasteiger partial charge in [-0.15, -0.1) is 0 Å². The molecule has 0 unspecified atom stereocenters. The number of halogens is 3. The van der Waals surface area contributed by atoms with Gasteiger partial charge in [-0.25, -0.2) is 13.2 Å². The van der Waals surface area contributed by atoms with Gasteiger partial charge >= 0.3 is 0 Å². The van der Waals surface area contributed by atoms with Crippen molar-refractivity contribution in [3.63, 3.8) is 0 Å². The van der Waals surface area contributed by atoms with Gasteiger partial charge in [0.15, 0.2) is 17.5 Å². The maximum atomic E-state index is 13.5. The number of carbonyl (C=O) groups excluding carboxylic acids is 1. The first-order valence-electron chi connectivity index (χ1n) is 7.37. The number of hydrogen-bond donors (Lipinski definition) is 2. The molecule has 0 fully saturated rings. The molecule has 5 nitrogen and oxygen atoms in total. The summed E-state index contributed by atoms with van der Waals surface area (Å²) in [6.45, 7) is 0.154. The van der Waals surface area contributed by atoms with Crippen molar-refractivity contribution in [2.24, 2.45) is 0 Å². The third-order valence-electron chi connectivity index (χ3n) is 3.38. The predicted molar refractivity (Wildman–Crippen MR) is 88.5 cm³/mol. The lowest BCUT2D eigenvalue weighted by Gasteiger charge is -2.07. The van der Waals surface area contributed by atoms with E-state index in [2.05, 4.69) is 10.6 Å². The van der Waals surface area contributed by atoms with Crippen LogP contribution >= 0.6 is 0 Å². The Bertz CT molecular complexity index is 874. The topological polar surface area (TPSA) is 74.1 Å². The minimum absolute atomic E-state index is 0.154. The van der Waals surface area contributed by atoms with E-state index in [0.29, 0.717) is 5.75 Å². The highest BCUT2D eigenvalue weighted by Crippen LogP contribution is 2.19. The normalized spacial score (nSPS) is 10.8. The zero-order valence-electron chi connectivity index (χ0n) is 13.6. The Morgan fingerprint density at radius 3 is 2.46 bits per heavy atom. The Kier molecular flexibility index (Phi) is 6.22. The predicted octanol–water partition coefficient (Wildman–Crippen LogP) is 3.25. The number of hydrogen-bond acceptors (Lipinski definition) is 4. The van der Waals surface area contributed by atoms with Crippen LogP contribution in [0, 0.1) is 28.8 Å². The number of nitriles is 1. The summed E-state index contributed by atoms with van der Waals surface area (Å²) in [4.78, 5) is 12.0. The number of benzene rings is 2. The summed E-state index contributed by atoms with van der Waals surface area (Å²) in [5, 5.41) is 13.8. The number of methoxy groups -OCH3 is 1. The molecule has 0 aliphatic carbocycles. The number of anilines is 1. The van der Waals surface area contributed by atoms with Gasteiger partial charge in [-0.2, -0.15) is 5.26 Å². The van der Waals surface area contributed by atoms with Crippen molar-refractivity contribution in [2.75, 3.05) is 12.4 Å². The van der Waals surface area contributed by atoms with Gasteiger partial charge in [-0.05, 0) is 29.8 Å². The summed E-state index contributed by atoms with van der Waals surface area (Å²) in [5.74, 6) is -4.48. The highest BCUT2D eigenvalue weighted by atomic mass is 19.2. The van der Waals surface area contributed by atoms with Crippen LogP contribution in [0.15, 0.2) is 48.2 Å². The Balaban J connectivity index is 2.02. The number of nitrogens with zero attached hydrogens (tertiary/aromatic N) is 1. The van der Waals surface area contributed by atoms with Gasteiger partial charge in [-0.1, -0.05) is 12.1 Å². The zero-order valence-corrected chi connectivity index (χ0v) is 13.6. The van der Waals surface area contributed by atoms with Gasteiger partial charge in [0, 0.05) is 12.7 Å². The van der Waals surface area contributed by atoms with Crippen molar-refractivity contribution in [3.8, 4) is 11.8 Å². The molecule has 2 N–H and O–H groups in total. The van der Waals surface area contributed by atoms with Gasteiger partial charge in [0.2, 0.25) is 0 Å². The minimum Gasteiger partial charge on any atom is -0.497 e. The molecule has 0 spiro atoms. The van der Waals surface area contributed by atoms with Crippen LogP contribution in [0.1, 0.15) is 5.56 Å². The van der Waals surface area contributed by atoms with Crippen LogP contribution in [0.4, 0.5) is 18.9 Å². The molecular formula is C18H14F3N3O2. The van der Waals surface area contributed by atoms with Crippen molar-refractivity contribution in [3.05, 3.63) is 71.2 Å². The van der Waals surface area contributed by atoms with E-state index in [1.165, 1.54) is 7.11 Å². The maximum Gasteiger partial charge on any atom is 0.263 e. The van der Waals surface area contributed by atoms with E-state index in [-0.39, 0.29) is 12.1 Å². The van der Waals surface area contributed by atoms with E-state index in [1.807, 2.05) is 0 Å². The molecule has 2 aromatic carbocycles. The molecule has 0 bridgehead atoms. The number of carbonyl (C=O) groups is 1. The molecule has 0 aliphatic rings. The molecule has 0 atom stereocenters. The van der Waals surface area contributed by atoms with Crippen molar-refractivity contribution >= 4 is 11.6 Å². The maximum absolute atomic E-state index is 13.5. The van der Waals surface area contributed by atoms with Crippen LogP contribution in [0.2, 0.25) is 0 Å². The van der Waals surface area contributed by atoms with E-state index < -0.39 is 29.0 Å². The molecule has 0 radical (unpaired) electrons. The number of amides is 1. The molecule has 0 saturated carbocycles. The van der Waals surface area contributed by atoms with Crippen molar-refractivity contribution in [1.82, 2.24) is 5.32 Å². The molecule has 0 aliphatic heterocycles. The molecule has 2 aromatic rings. The summed E-state index contributed by atoms with van der Waals surface area (Å²) >= 11 is 0. The van der Waals surface area contributed by atoms with Crippen LogP contribution in [0.5, 0.6) is 5.75 Å². The quantitative estimate of drug-likeness (QED) is 0.471. The number of nitrogens with one attached hydrogen (secondary N) is 2. The van der Waals surface area contributed by atoms with E-state index in [1.54, 1.807) is 30.3 Å². The SMILES string of the molecule is COc1ccc(CNC(=O)/C(C#N)=C\Nc2ccc(F)c(F)c2F)cc1. The van der Waals surface area contributed by atoms with Crippen molar-refractivity contribution in [2.45, 2.75) is 6.54 Å². The summed E-state index contributed by atoms with van der Waals surface area (Å²) in [5.41, 5.74) is 0.0123. The van der Waals surface area contributed by atoms with Crippen LogP contribution in [-0.4, -0.2) is 13.0 Å². The largest absolute Gasteiger partial charge is 0.497 e. The smallest absolute Gasteiger partial charge is 0.263 e. The van der Waals surface area contributed by atoms with E-state index >= 15 is 0 Å². The highest BCUT2D eigenvalue weighted by molar-refractivity contribution is 5.97. The highest BCUT2D eigenvalue weighted by Gasteiger charge is 2.14. The number of ether oxygens (including phenoxy) is 1. The first-order chi connectivity index (χ1) is 12.5. The van der Waals surface area contributed by atoms with Gasteiger partial charge in [0.1, 0.15) is 17.4 Å². The first kappa shape index (κ1) is 18.9. The van der Waals surface area contributed by atoms with Gasteiger partial charge < -0.3 is 15.4 Å². The van der Waals surface area contributed by atoms with Crippen LogP contribution in [0.3, 0.4) is 0 Å². The summed E-state index contributed by atoms with van der Waals surface area (Å²) in [6, 6.07) is 10.2. The molecule has 134 valence electrons. The van der Waals surface area contributed by atoms with Gasteiger partial charge in [-0.3, -0.25) is 4.79 Å². The summed E-state index contributed by atoms with van der Waals surface area (Å²) in [6.07, 6.45) is 0.916. The Morgan fingerprint density at radius 2 is 1.85 bits per heavy atom. The fraction of sp³-hybridized carbons (Fsp3) is 0.111. The Morgan fingerprint density at radius 1 is 1.15 bits per heavy atom. The fourth-order valence-corrected chi connectivity index (χ4v) is 1.96. The molecule has 1 amide bonds. The molecular weight excluding hydrogens is 347 g/mol. The standard InChI is InChI=1S/C18H14F3N3O2/c1-26-13-4-2-11(3-5-13)9-24-18(25)12(8-22)10-23-15-7-6-14(19)16(20)17(15)21/h2-7,10,23H,9H2,1H3,(H,24,25)/b12-10-. The van der Waals surface area contributed by atoms with Crippen LogP contribution < -0.4 is 15.4 Å². The van der Waals surface area contributed by atoms with E-state index in [0.717, 1.165) is 23.9 Å². The molecule has 0 saturated heterocycles. The molecule has 2 rings (SSSR count). The Hall–Kier alpha value is -3.47. The minimum atomic E-state index is -1.65. The van der Waals surface area contributed by atoms with Crippen LogP contribution in [0.25, 0.3) is 0 Å². The monoisotopic (exact) mass is 361 g/mol.